The summed E-state index contributed by atoms with van der Waals surface area (Å²) >= 11 is 0. The molecule has 0 bridgehead atoms. The average molecular weight is 293 g/mol. The van der Waals surface area contributed by atoms with Gasteiger partial charge in [0.2, 0.25) is 0 Å². The van der Waals surface area contributed by atoms with Gasteiger partial charge in [-0.2, -0.15) is 0 Å². The molecule has 0 radical (unpaired) electrons. The highest BCUT2D eigenvalue weighted by Gasteiger charge is 1.83. The molecule has 0 unspecified atom stereocenters. The lowest BCUT2D eigenvalue weighted by atomic mass is 10.1. The Hall–Kier alpha value is -1.04. The fourth-order valence-corrected chi connectivity index (χ4v) is 1.02. The summed E-state index contributed by atoms with van der Waals surface area (Å²) in [5.74, 6) is 0. The van der Waals surface area contributed by atoms with Gasteiger partial charge in [0.25, 0.3) is 0 Å². The van der Waals surface area contributed by atoms with Gasteiger partial charge in [0.15, 0.2) is 0 Å². The second kappa shape index (κ2) is 24.0. The van der Waals surface area contributed by atoms with Crippen LogP contribution in [0, 0.1) is 13.8 Å². The molecule has 0 fully saturated rings. The summed E-state index contributed by atoms with van der Waals surface area (Å²) in [7, 11) is 0. The normalized spacial score (nSPS) is 8.76. The Kier molecular flexibility index (Phi) is 28.5. The number of aryl methyl sites for hydroxylation is 2. The maximum absolute atomic E-state index is 2.21. The molecule has 0 aliphatic rings. The van der Waals surface area contributed by atoms with Crippen LogP contribution in [0.3, 0.4) is 0 Å². The molecular formula is C21H40. The van der Waals surface area contributed by atoms with E-state index in [9.17, 15) is 0 Å². The van der Waals surface area contributed by atoms with Crippen molar-refractivity contribution in [3.05, 3.63) is 47.5 Å². The molecule has 1 aromatic rings. The van der Waals surface area contributed by atoms with Gasteiger partial charge in [-0.1, -0.05) is 96.2 Å². The van der Waals surface area contributed by atoms with Crippen molar-refractivity contribution in [2.75, 3.05) is 0 Å². The number of unbranched alkanes of at least 4 members (excludes halogenated alkanes) is 3. The third-order valence-corrected chi connectivity index (χ3v) is 2.97. The van der Waals surface area contributed by atoms with E-state index in [1.54, 1.807) is 0 Å². The number of benzene rings is 1. The summed E-state index contributed by atoms with van der Waals surface area (Å²) < 4.78 is 0. The topological polar surface area (TPSA) is 0 Å². The van der Waals surface area contributed by atoms with E-state index >= 15 is 0 Å². The van der Waals surface area contributed by atoms with Gasteiger partial charge < -0.3 is 0 Å². The zero-order valence-electron chi connectivity index (χ0n) is 16.0. The van der Waals surface area contributed by atoms with Gasteiger partial charge >= 0.3 is 0 Å². The standard InChI is InChI=1S/C8H10.C5H12.C4H10.C4H8/c1-7-5-3-4-6-8(7)2;1-3-5-4-2;2*1-3-4-2/h3-6H,1-2H3;3-5H2,1-2H3;3-4H2,1-2H3;3-4H,1-2H3. The van der Waals surface area contributed by atoms with Gasteiger partial charge in [-0.25, -0.2) is 0 Å². The summed E-state index contributed by atoms with van der Waals surface area (Å²) in [5, 5.41) is 0. The van der Waals surface area contributed by atoms with Crippen molar-refractivity contribution < 1.29 is 0 Å². The largest absolute Gasteiger partial charge is 0.0919 e. The lowest BCUT2D eigenvalue weighted by molar-refractivity contribution is 0.772. The Balaban J connectivity index is -0.000000219. The summed E-state index contributed by atoms with van der Waals surface area (Å²) in [5.41, 5.74) is 2.74. The number of allylic oxidation sites excluding steroid dienone is 2. The second-order valence-corrected chi connectivity index (χ2v) is 5.10. The Morgan fingerprint density at radius 3 is 1.10 bits per heavy atom. The van der Waals surface area contributed by atoms with E-state index in [4.69, 9.17) is 0 Å². The van der Waals surface area contributed by atoms with Crippen LogP contribution in [-0.4, -0.2) is 0 Å². The van der Waals surface area contributed by atoms with Crippen molar-refractivity contribution in [1.29, 1.82) is 0 Å². The van der Waals surface area contributed by atoms with Gasteiger partial charge in [0.1, 0.15) is 0 Å². The van der Waals surface area contributed by atoms with Crippen LogP contribution in [0.25, 0.3) is 0 Å². The maximum Gasteiger partial charge on any atom is -0.0395 e. The Morgan fingerprint density at radius 1 is 0.667 bits per heavy atom. The van der Waals surface area contributed by atoms with E-state index in [1.807, 2.05) is 26.0 Å². The molecule has 0 aliphatic carbocycles. The van der Waals surface area contributed by atoms with E-state index in [0.717, 1.165) is 0 Å². The van der Waals surface area contributed by atoms with Gasteiger partial charge in [0, 0.05) is 0 Å². The second-order valence-electron chi connectivity index (χ2n) is 5.10. The van der Waals surface area contributed by atoms with Crippen molar-refractivity contribution in [3.63, 3.8) is 0 Å². The van der Waals surface area contributed by atoms with Crippen molar-refractivity contribution in [3.8, 4) is 0 Å². The van der Waals surface area contributed by atoms with Crippen LogP contribution in [0.5, 0.6) is 0 Å². The number of hydrogen-bond donors (Lipinski definition) is 0. The van der Waals surface area contributed by atoms with Crippen molar-refractivity contribution in [1.82, 2.24) is 0 Å². The maximum atomic E-state index is 2.21. The molecule has 0 nitrogen and oxygen atoms in total. The van der Waals surface area contributed by atoms with Crippen LogP contribution in [0.2, 0.25) is 0 Å². The number of hydrogen-bond acceptors (Lipinski definition) is 0. The van der Waals surface area contributed by atoms with Gasteiger partial charge in [-0.3, -0.25) is 0 Å². The molecule has 0 atom stereocenters. The van der Waals surface area contributed by atoms with Crippen LogP contribution < -0.4 is 0 Å². The smallest absolute Gasteiger partial charge is 0.0395 e. The molecule has 0 aliphatic heterocycles. The summed E-state index contributed by atoms with van der Waals surface area (Å²) in [6, 6.07) is 8.36. The molecule has 0 amide bonds. The predicted octanol–water partition coefficient (Wildman–Crippen LogP) is 7.89. The highest BCUT2D eigenvalue weighted by atomic mass is 13.9. The first-order valence-corrected chi connectivity index (χ1v) is 8.64. The molecule has 0 heteroatoms. The highest BCUT2D eigenvalue weighted by Crippen LogP contribution is 2.02. The molecule has 21 heavy (non-hydrogen) atoms. The molecule has 0 saturated heterocycles. The van der Waals surface area contributed by atoms with Crippen molar-refractivity contribution >= 4 is 0 Å². The Morgan fingerprint density at radius 2 is 1.00 bits per heavy atom. The molecule has 1 rings (SSSR count). The summed E-state index contributed by atoms with van der Waals surface area (Å²) in [6.45, 7) is 17.0. The first kappa shape index (κ1) is 24.9. The van der Waals surface area contributed by atoms with Gasteiger partial charge in [-0.15, -0.1) is 0 Å². The van der Waals surface area contributed by atoms with Crippen LogP contribution in [0.1, 0.15) is 84.8 Å². The van der Waals surface area contributed by atoms with Crippen LogP contribution in [-0.2, 0) is 0 Å². The monoisotopic (exact) mass is 292 g/mol. The molecule has 0 saturated carbocycles. The first-order valence-electron chi connectivity index (χ1n) is 8.64. The fraction of sp³-hybridized carbons (Fsp3) is 0.619. The minimum Gasteiger partial charge on any atom is -0.0919 e. The van der Waals surface area contributed by atoms with Crippen molar-refractivity contribution in [2.24, 2.45) is 0 Å². The lowest BCUT2D eigenvalue weighted by Gasteiger charge is -1.93. The minimum absolute atomic E-state index is 1.32. The summed E-state index contributed by atoms with van der Waals surface area (Å²) in [4.78, 5) is 0. The predicted molar refractivity (Wildman–Crippen MR) is 102 cm³/mol. The van der Waals surface area contributed by atoms with Crippen molar-refractivity contribution in [2.45, 2.75) is 87.5 Å². The van der Waals surface area contributed by atoms with E-state index in [2.05, 4.69) is 65.8 Å². The van der Waals surface area contributed by atoms with E-state index in [0.29, 0.717) is 0 Å². The zero-order chi connectivity index (χ0) is 16.9. The number of rotatable bonds is 3. The molecule has 0 heterocycles. The van der Waals surface area contributed by atoms with Crippen LogP contribution in [0.15, 0.2) is 36.4 Å². The highest BCUT2D eigenvalue weighted by molar-refractivity contribution is 5.23. The SMILES string of the molecule is CC=CC.CCCC.CCCCC.Cc1ccccc1C. The average Bonchev–Trinajstić information content (AvgIpc) is 2.52. The van der Waals surface area contributed by atoms with E-state index in [1.165, 1.54) is 43.2 Å². The molecular weight excluding hydrogens is 252 g/mol. The molecule has 0 aromatic heterocycles. The van der Waals surface area contributed by atoms with E-state index < -0.39 is 0 Å². The fourth-order valence-electron chi connectivity index (χ4n) is 1.02. The molecule has 0 N–H and O–H groups in total. The van der Waals surface area contributed by atoms with Crippen LogP contribution >= 0.6 is 0 Å². The third-order valence-electron chi connectivity index (χ3n) is 2.97. The zero-order valence-corrected chi connectivity index (χ0v) is 16.0. The third kappa shape index (κ3) is 28.0. The minimum atomic E-state index is 1.32. The molecule has 124 valence electrons. The molecule has 1 aromatic carbocycles. The Bertz CT molecular complexity index is 268. The van der Waals surface area contributed by atoms with E-state index in [-0.39, 0.29) is 0 Å². The van der Waals surface area contributed by atoms with Crippen LogP contribution in [0.4, 0.5) is 0 Å². The van der Waals surface area contributed by atoms with Gasteiger partial charge in [0.05, 0.1) is 0 Å². The Labute approximate surface area is 135 Å². The van der Waals surface area contributed by atoms with Gasteiger partial charge in [-0.05, 0) is 38.8 Å². The molecule has 0 spiro atoms. The first-order chi connectivity index (χ1) is 10.0. The summed E-state index contributed by atoms with van der Waals surface area (Å²) in [6.07, 6.45) is 10.7. The quantitative estimate of drug-likeness (QED) is 0.497. The lowest BCUT2D eigenvalue weighted by Crippen LogP contribution is -1.74.